The molecule has 1 rings (SSSR count). The normalized spacial score (nSPS) is 9.50. The van der Waals surface area contributed by atoms with E-state index < -0.39 is 6.09 Å². The highest BCUT2D eigenvalue weighted by Crippen LogP contribution is 2.20. The van der Waals surface area contributed by atoms with Crippen molar-refractivity contribution in [2.45, 2.75) is 0 Å². The molecule has 0 unspecified atom stereocenters. The fourth-order valence-corrected chi connectivity index (χ4v) is 1.57. The fourth-order valence-electron chi connectivity index (χ4n) is 0.822. The molecule has 3 nitrogen and oxygen atoms in total. The van der Waals surface area contributed by atoms with Crippen molar-refractivity contribution in [3.63, 3.8) is 0 Å². The van der Waals surface area contributed by atoms with Crippen LogP contribution in [0.5, 0.6) is 0 Å². The third-order valence-corrected chi connectivity index (χ3v) is 2.40. The Morgan fingerprint density at radius 1 is 1.42 bits per heavy atom. The van der Waals surface area contributed by atoms with E-state index in [1.54, 1.807) is 12.1 Å². The molecule has 0 atom stereocenters. The molecule has 0 aromatic heterocycles. The van der Waals surface area contributed by atoms with E-state index in [0.717, 1.165) is 8.47 Å². The maximum atomic E-state index is 10.5. The number of benzene rings is 1. The first-order valence-electron chi connectivity index (χ1n) is 3.32. The Bertz CT molecular complexity index is 301. The minimum Gasteiger partial charge on any atom is -0.277 e. The lowest BCUT2D eigenvalue weighted by Crippen LogP contribution is -2.23. The molecule has 0 aliphatic carbocycles. The van der Waals surface area contributed by atoms with Gasteiger partial charge in [0.25, 0.3) is 0 Å². The molecule has 0 N–H and O–H groups in total. The highest BCUT2D eigenvalue weighted by atomic mass is 127. The summed E-state index contributed by atoms with van der Waals surface area (Å²) in [5.74, 6) is 0. The van der Waals surface area contributed by atoms with Gasteiger partial charge in [0.05, 0.1) is 5.69 Å². The number of para-hydroxylation sites is 1. The number of hydrogen-bond acceptors (Lipinski definition) is 1. The summed E-state index contributed by atoms with van der Waals surface area (Å²) in [6.45, 7) is 0. The SMILES string of the molecule is CN(C([O])=O)c1ccccc1I. The zero-order valence-electron chi connectivity index (χ0n) is 6.45. The largest absolute Gasteiger partial charge is 0.457 e. The van der Waals surface area contributed by atoms with Crippen LogP contribution in [-0.2, 0) is 5.11 Å². The minimum absolute atomic E-state index is 0.651. The molecule has 0 saturated carbocycles. The molecule has 0 fully saturated rings. The molecule has 0 aliphatic rings. The lowest BCUT2D eigenvalue weighted by molar-refractivity contribution is 0.178. The number of anilines is 1. The molecule has 1 aromatic rings. The predicted octanol–water partition coefficient (Wildman–Crippen LogP) is 2.28. The van der Waals surface area contributed by atoms with Gasteiger partial charge in [-0.05, 0) is 34.7 Å². The molecule has 0 heterocycles. The maximum absolute atomic E-state index is 10.5. The van der Waals surface area contributed by atoms with Crippen LogP contribution in [0.25, 0.3) is 0 Å². The van der Waals surface area contributed by atoms with Crippen LogP contribution in [0.3, 0.4) is 0 Å². The molecule has 12 heavy (non-hydrogen) atoms. The van der Waals surface area contributed by atoms with E-state index in [2.05, 4.69) is 22.6 Å². The van der Waals surface area contributed by atoms with Crippen molar-refractivity contribution in [1.82, 2.24) is 0 Å². The van der Waals surface area contributed by atoms with Gasteiger partial charge in [0.15, 0.2) is 0 Å². The van der Waals surface area contributed by atoms with Gasteiger partial charge in [-0.1, -0.05) is 12.1 Å². The van der Waals surface area contributed by atoms with E-state index in [0.29, 0.717) is 5.69 Å². The standard InChI is InChI=1S/C8H7INO2/c1-10(8(11)12)7-5-3-2-4-6(7)9/h2-5H,1H3. The average Bonchev–Trinajstić information content (AvgIpc) is 2.04. The van der Waals surface area contributed by atoms with E-state index >= 15 is 0 Å². The van der Waals surface area contributed by atoms with Crippen LogP contribution in [0, 0.1) is 3.57 Å². The maximum Gasteiger partial charge on any atom is 0.457 e. The van der Waals surface area contributed by atoms with Gasteiger partial charge in [-0.2, -0.15) is 0 Å². The second kappa shape index (κ2) is 3.75. The molecule has 1 radical (unpaired) electrons. The second-order valence-corrected chi connectivity index (χ2v) is 3.44. The Kier molecular flexibility index (Phi) is 2.91. The Morgan fingerprint density at radius 2 is 2.00 bits per heavy atom. The quantitative estimate of drug-likeness (QED) is 0.725. The van der Waals surface area contributed by atoms with Crippen molar-refractivity contribution in [1.29, 1.82) is 0 Å². The first kappa shape index (κ1) is 9.31. The predicted molar refractivity (Wildman–Crippen MR) is 53.6 cm³/mol. The lowest BCUT2D eigenvalue weighted by Gasteiger charge is -2.12. The van der Waals surface area contributed by atoms with E-state index in [-0.39, 0.29) is 0 Å². The zero-order valence-corrected chi connectivity index (χ0v) is 8.61. The second-order valence-electron chi connectivity index (χ2n) is 2.28. The van der Waals surface area contributed by atoms with Crippen LogP contribution in [0.4, 0.5) is 10.5 Å². The van der Waals surface area contributed by atoms with E-state index in [1.807, 2.05) is 12.1 Å². The van der Waals surface area contributed by atoms with E-state index in [4.69, 9.17) is 0 Å². The molecule has 0 saturated heterocycles. The highest BCUT2D eigenvalue weighted by molar-refractivity contribution is 14.1. The van der Waals surface area contributed by atoms with Gasteiger partial charge in [0, 0.05) is 10.6 Å². The Morgan fingerprint density at radius 3 is 2.50 bits per heavy atom. The van der Waals surface area contributed by atoms with Crippen molar-refractivity contribution < 1.29 is 9.90 Å². The van der Waals surface area contributed by atoms with Gasteiger partial charge < -0.3 is 0 Å². The first-order valence-corrected chi connectivity index (χ1v) is 4.40. The number of hydrogen-bond donors (Lipinski definition) is 0. The first-order chi connectivity index (χ1) is 5.63. The minimum atomic E-state index is -1.20. The number of amides is 1. The Hall–Kier alpha value is -0.780. The van der Waals surface area contributed by atoms with Gasteiger partial charge in [-0.3, -0.25) is 4.90 Å². The summed E-state index contributed by atoms with van der Waals surface area (Å²) in [7, 11) is 1.47. The Balaban J connectivity index is 3.02. The fraction of sp³-hybridized carbons (Fsp3) is 0.125. The van der Waals surface area contributed by atoms with Gasteiger partial charge in [-0.25, -0.2) is 9.90 Å². The molecule has 1 amide bonds. The molecular weight excluding hydrogens is 269 g/mol. The average molecular weight is 276 g/mol. The smallest absolute Gasteiger partial charge is 0.277 e. The third kappa shape index (κ3) is 1.88. The summed E-state index contributed by atoms with van der Waals surface area (Å²) in [4.78, 5) is 11.5. The van der Waals surface area contributed by atoms with Crippen molar-refractivity contribution in [3.8, 4) is 0 Å². The number of rotatable bonds is 1. The summed E-state index contributed by atoms with van der Waals surface area (Å²) in [6.07, 6.45) is -1.20. The third-order valence-electron chi connectivity index (χ3n) is 1.49. The van der Waals surface area contributed by atoms with E-state index in [1.165, 1.54) is 7.05 Å². The van der Waals surface area contributed by atoms with Crippen molar-refractivity contribution >= 4 is 34.4 Å². The van der Waals surface area contributed by atoms with Crippen LogP contribution in [0.15, 0.2) is 24.3 Å². The molecule has 0 bridgehead atoms. The molecule has 4 heteroatoms. The molecule has 0 spiro atoms. The van der Waals surface area contributed by atoms with Crippen LogP contribution in [0.1, 0.15) is 0 Å². The van der Waals surface area contributed by atoms with Crippen LogP contribution >= 0.6 is 22.6 Å². The molecule has 1 aromatic carbocycles. The molecule has 0 aliphatic heterocycles. The number of carbonyl (C=O) groups is 1. The lowest BCUT2D eigenvalue weighted by atomic mass is 10.3. The Labute approximate surface area is 84.1 Å². The number of nitrogens with zero attached hydrogens (tertiary/aromatic N) is 1. The van der Waals surface area contributed by atoms with E-state index in [9.17, 15) is 9.90 Å². The van der Waals surface area contributed by atoms with Gasteiger partial charge in [0.2, 0.25) is 0 Å². The van der Waals surface area contributed by atoms with Crippen LogP contribution in [-0.4, -0.2) is 13.1 Å². The topological polar surface area (TPSA) is 40.2 Å². The summed E-state index contributed by atoms with van der Waals surface area (Å²) >= 11 is 2.08. The van der Waals surface area contributed by atoms with Crippen LogP contribution < -0.4 is 4.90 Å². The number of halogens is 1. The van der Waals surface area contributed by atoms with Crippen molar-refractivity contribution in [3.05, 3.63) is 27.8 Å². The number of carbonyl (C=O) groups excluding carboxylic acids is 1. The van der Waals surface area contributed by atoms with Gasteiger partial charge >= 0.3 is 6.09 Å². The summed E-state index contributed by atoms with van der Waals surface area (Å²) in [5.41, 5.74) is 0.651. The zero-order chi connectivity index (χ0) is 9.14. The highest BCUT2D eigenvalue weighted by Gasteiger charge is 2.11. The molecule has 63 valence electrons. The molecular formula is C8H7INO2. The van der Waals surface area contributed by atoms with Gasteiger partial charge in [0.1, 0.15) is 0 Å². The summed E-state index contributed by atoms with van der Waals surface area (Å²) in [5, 5.41) is 10.5. The van der Waals surface area contributed by atoms with Crippen molar-refractivity contribution in [2.24, 2.45) is 0 Å². The van der Waals surface area contributed by atoms with Gasteiger partial charge in [-0.15, -0.1) is 0 Å². The summed E-state index contributed by atoms with van der Waals surface area (Å²) in [6, 6.07) is 7.22. The summed E-state index contributed by atoms with van der Waals surface area (Å²) < 4.78 is 0.891. The van der Waals surface area contributed by atoms with Crippen molar-refractivity contribution in [2.75, 3.05) is 11.9 Å². The monoisotopic (exact) mass is 276 g/mol. The van der Waals surface area contributed by atoms with Crippen LogP contribution in [0.2, 0.25) is 0 Å².